The van der Waals surface area contributed by atoms with Crippen LogP contribution in [0.15, 0.2) is 28.2 Å². The van der Waals surface area contributed by atoms with Crippen LogP contribution in [0.5, 0.6) is 0 Å². The Balaban J connectivity index is 1.85. The fourth-order valence-corrected chi connectivity index (χ4v) is 3.77. The van der Waals surface area contributed by atoms with Crippen LogP contribution < -0.4 is 10.9 Å². The van der Waals surface area contributed by atoms with Gasteiger partial charge in [-0.25, -0.2) is 13.8 Å². The Morgan fingerprint density at radius 3 is 2.88 bits per heavy atom. The molecule has 2 heterocycles. The summed E-state index contributed by atoms with van der Waals surface area (Å²) in [7, 11) is 0. The van der Waals surface area contributed by atoms with Crippen molar-refractivity contribution >= 4 is 38.6 Å². The molecule has 0 saturated heterocycles. The summed E-state index contributed by atoms with van der Waals surface area (Å²) in [6.07, 6.45) is 0. The maximum absolute atomic E-state index is 13.7. The second kappa shape index (κ2) is 6.86. The number of benzene rings is 1. The number of fused-ring (bicyclic) bond motifs is 1. The van der Waals surface area contributed by atoms with Crippen LogP contribution in [-0.2, 0) is 5.75 Å². The van der Waals surface area contributed by atoms with Crippen molar-refractivity contribution in [2.45, 2.75) is 30.8 Å². The molecule has 0 amide bonds. The molecule has 0 spiro atoms. The summed E-state index contributed by atoms with van der Waals surface area (Å²) < 4.78 is 27.3. The van der Waals surface area contributed by atoms with Crippen molar-refractivity contribution in [2.24, 2.45) is 0 Å². The van der Waals surface area contributed by atoms with E-state index >= 15 is 0 Å². The smallest absolute Gasteiger partial charge is 0.271 e. The fraction of sp³-hybridized carbons (Fsp3) is 0.267. The lowest BCUT2D eigenvalue weighted by Gasteiger charge is -2.03. The molecule has 2 aromatic heterocycles. The SMILES string of the molecule is CC(C)Nc1nc2nc(SCc3cccc(F)c3F)[nH]c(=O)c2s1. The largest absolute Gasteiger partial charge is 0.359 e. The second-order valence-corrected chi connectivity index (χ2v) is 7.31. The highest BCUT2D eigenvalue weighted by molar-refractivity contribution is 7.98. The van der Waals surface area contributed by atoms with Crippen LogP contribution in [0.1, 0.15) is 19.4 Å². The molecule has 2 N–H and O–H groups in total. The predicted molar refractivity (Wildman–Crippen MR) is 92.7 cm³/mol. The number of nitrogens with zero attached hydrogens (tertiary/aromatic N) is 2. The van der Waals surface area contributed by atoms with Crippen LogP contribution in [-0.4, -0.2) is 21.0 Å². The highest BCUT2D eigenvalue weighted by Gasteiger charge is 2.13. The number of aromatic nitrogens is 3. The number of rotatable bonds is 5. The first kappa shape index (κ1) is 16.8. The normalized spacial score (nSPS) is 11.4. The lowest BCUT2D eigenvalue weighted by molar-refractivity contribution is 0.502. The maximum atomic E-state index is 13.7. The number of halogens is 2. The quantitative estimate of drug-likeness (QED) is 0.530. The van der Waals surface area contributed by atoms with E-state index in [1.165, 1.54) is 23.5 Å². The zero-order valence-electron chi connectivity index (χ0n) is 12.9. The van der Waals surface area contributed by atoms with Gasteiger partial charge in [0, 0.05) is 17.4 Å². The summed E-state index contributed by atoms with van der Waals surface area (Å²) in [4.78, 5) is 23.3. The highest BCUT2D eigenvalue weighted by atomic mass is 32.2. The van der Waals surface area contributed by atoms with E-state index in [9.17, 15) is 13.6 Å². The predicted octanol–water partition coefficient (Wildman–Crippen LogP) is 3.77. The van der Waals surface area contributed by atoms with E-state index in [4.69, 9.17) is 0 Å². The number of hydrogen-bond acceptors (Lipinski definition) is 6. The maximum Gasteiger partial charge on any atom is 0.271 e. The average Bonchev–Trinajstić information content (AvgIpc) is 2.91. The van der Waals surface area contributed by atoms with E-state index < -0.39 is 11.6 Å². The third-order valence-corrected chi connectivity index (χ3v) is 4.95. The zero-order chi connectivity index (χ0) is 17.3. The summed E-state index contributed by atoms with van der Waals surface area (Å²) in [5.74, 6) is -1.63. The summed E-state index contributed by atoms with van der Waals surface area (Å²) in [5, 5.41) is 4.07. The first-order chi connectivity index (χ1) is 11.4. The van der Waals surface area contributed by atoms with Crippen LogP contribution in [0.25, 0.3) is 10.3 Å². The first-order valence-corrected chi connectivity index (χ1v) is 8.97. The Kier molecular flexibility index (Phi) is 4.81. The van der Waals surface area contributed by atoms with Crippen molar-refractivity contribution in [3.05, 3.63) is 45.8 Å². The van der Waals surface area contributed by atoms with Crippen molar-refractivity contribution in [1.82, 2.24) is 15.0 Å². The minimum absolute atomic E-state index is 0.152. The number of nitrogens with one attached hydrogen (secondary N) is 2. The Hall–Kier alpha value is -2.00. The second-order valence-electron chi connectivity index (χ2n) is 5.34. The number of thioether (sulfide) groups is 1. The van der Waals surface area contributed by atoms with Crippen molar-refractivity contribution in [3.8, 4) is 0 Å². The number of anilines is 1. The Labute approximate surface area is 144 Å². The van der Waals surface area contributed by atoms with Gasteiger partial charge in [0.15, 0.2) is 27.6 Å². The van der Waals surface area contributed by atoms with Gasteiger partial charge in [-0.1, -0.05) is 35.2 Å². The molecule has 1 aromatic carbocycles. The van der Waals surface area contributed by atoms with Crippen LogP contribution >= 0.6 is 23.1 Å². The topological polar surface area (TPSA) is 70.7 Å². The van der Waals surface area contributed by atoms with Gasteiger partial charge in [-0.05, 0) is 19.9 Å². The molecule has 9 heteroatoms. The highest BCUT2D eigenvalue weighted by Crippen LogP contribution is 2.26. The van der Waals surface area contributed by atoms with Gasteiger partial charge >= 0.3 is 0 Å². The van der Waals surface area contributed by atoms with E-state index in [1.54, 1.807) is 0 Å². The monoisotopic (exact) mass is 368 g/mol. The Morgan fingerprint density at radius 1 is 1.33 bits per heavy atom. The fourth-order valence-electron chi connectivity index (χ4n) is 2.00. The third kappa shape index (κ3) is 3.57. The van der Waals surface area contributed by atoms with Gasteiger partial charge in [-0.2, -0.15) is 4.98 Å². The molecule has 24 heavy (non-hydrogen) atoms. The van der Waals surface area contributed by atoms with E-state index in [-0.39, 0.29) is 22.9 Å². The van der Waals surface area contributed by atoms with Gasteiger partial charge in [0.05, 0.1) is 0 Å². The molecule has 3 aromatic rings. The van der Waals surface area contributed by atoms with Crippen LogP contribution in [0.3, 0.4) is 0 Å². The molecule has 0 aliphatic carbocycles. The van der Waals surface area contributed by atoms with E-state index in [0.29, 0.717) is 20.6 Å². The summed E-state index contributed by atoms with van der Waals surface area (Å²) in [6, 6.07) is 4.19. The molecule has 0 fully saturated rings. The number of H-pyrrole nitrogens is 1. The van der Waals surface area contributed by atoms with Crippen molar-refractivity contribution in [2.75, 3.05) is 5.32 Å². The Bertz CT molecular complexity index is 939. The van der Waals surface area contributed by atoms with Gasteiger partial charge in [0.1, 0.15) is 4.70 Å². The molecule has 0 unspecified atom stereocenters. The zero-order valence-corrected chi connectivity index (χ0v) is 14.5. The van der Waals surface area contributed by atoms with Gasteiger partial charge in [0.25, 0.3) is 5.56 Å². The molecule has 0 radical (unpaired) electrons. The number of aromatic amines is 1. The average molecular weight is 368 g/mol. The van der Waals surface area contributed by atoms with Gasteiger partial charge < -0.3 is 10.3 Å². The molecular formula is C15H14F2N4OS2. The van der Waals surface area contributed by atoms with Crippen LogP contribution in [0.4, 0.5) is 13.9 Å². The minimum Gasteiger partial charge on any atom is -0.359 e. The van der Waals surface area contributed by atoms with Gasteiger partial charge in [-0.3, -0.25) is 4.79 Å². The molecule has 0 bridgehead atoms. The molecule has 0 saturated carbocycles. The molecule has 3 rings (SSSR count). The van der Waals surface area contributed by atoms with E-state index in [0.717, 1.165) is 17.8 Å². The van der Waals surface area contributed by atoms with Gasteiger partial charge in [0.2, 0.25) is 0 Å². The summed E-state index contributed by atoms with van der Waals surface area (Å²) in [5.41, 5.74) is 0.258. The standard InChI is InChI=1S/C15H14F2N4OS2/c1-7(2)18-15-20-12-11(24-15)13(22)21-14(19-12)23-6-8-4-3-5-9(16)10(8)17/h3-5,7H,6H2,1-2H3,(H2,18,19,20,21,22). The van der Waals surface area contributed by atoms with Crippen molar-refractivity contribution in [3.63, 3.8) is 0 Å². The number of hydrogen-bond donors (Lipinski definition) is 2. The van der Waals surface area contributed by atoms with Crippen LogP contribution in [0.2, 0.25) is 0 Å². The van der Waals surface area contributed by atoms with E-state index in [1.807, 2.05) is 13.8 Å². The number of thiazole rings is 1. The molecule has 0 aliphatic rings. The van der Waals surface area contributed by atoms with Crippen LogP contribution in [0, 0.1) is 11.6 Å². The minimum atomic E-state index is -0.895. The first-order valence-electron chi connectivity index (χ1n) is 7.17. The lowest BCUT2D eigenvalue weighted by Crippen LogP contribution is -2.08. The third-order valence-electron chi connectivity index (χ3n) is 3.05. The summed E-state index contributed by atoms with van der Waals surface area (Å²) in [6.45, 7) is 3.94. The molecule has 0 aliphatic heterocycles. The Morgan fingerprint density at radius 2 is 2.12 bits per heavy atom. The van der Waals surface area contributed by atoms with Gasteiger partial charge in [-0.15, -0.1) is 0 Å². The van der Waals surface area contributed by atoms with Crippen molar-refractivity contribution < 1.29 is 8.78 Å². The molecule has 0 atom stereocenters. The lowest BCUT2D eigenvalue weighted by atomic mass is 10.2. The molecule has 126 valence electrons. The summed E-state index contributed by atoms with van der Waals surface area (Å²) >= 11 is 2.35. The molecule has 5 nitrogen and oxygen atoms in total. The van der Waals surface area contributed by atoms with E-state index in [2.05, 4.69) is 20.3 Å². The molecular weight excluding hydrogens is 354 g/mol. The van der Waals surface area contributed by atoms with Crippen molar-refractivity contribution in [1.29, 1.82) is 0 Å².